The van der Waals surface area contributed by atoms with Crippen LogP contribution in [-0.2, 0) is 0 Å². The van der Waals surface area contributed by atoms with Gasteiger partial charge in [-0.1, -0.05) is 19.0 Å². The zero-order chi connectivity index (χ0) is 13.9. The molecule has 2 saturated heterocycles. The van der Waals surface area contributed by atoms with E-state index < -0.39 is 0 Å². The second-order valence-electron chi connectivity index (χ2n) is 6.61. The number of hydrogen-bond acceptors (Lipinski definition) is 4. The maximum Gasteiger partial charge on any atom is 0.144 e. The molecule has 0 bridgehead atoms. The van der Waals surface area contributed by atoms with E-state index in [0.717, 1.165) is 25.4 Å². The predicted molar refractivity (Wildman–Crippen MR) is 77.5 cm³/mol. The van der Waals surface area contributed by atoms with Crippen LogP contribution in [-0.4, -0.2) is 59.6 Å². The number of amidine groups is 1. The maximum absolute atomic E-state index is 8.77. The van der Waals surface area contributed by atoms with Gasteiger partial charge < -0.3 is 15.8 Å². The average Bonchev–Trinajstić information content (AvgIpc) is 2.84. The Balaban J connectivity index is 1.71. The molecule has 3 N–H and O–H groups in total. The molecule has 2 aliphatic rings. The molecule has 0 radical (unpaired) electrons. The summed E-state index contributed by atoms with van der Waals surface area (Å²) in [5.41, 5.74) is 5.52. The molecule has 19 heavy (non-hydrogen) atoms. The fourth-order valence-electron chi connectivity index (χ4n) is 3.27. The van der Waals surface area contributed by atoms with E-state index in [1.54, 1.807) is 0 Å². The minimum absolute atomic E-state index is 0.204. The Bertz CT molecular complexity index is 329. The van der Waals surface area contributed by atoms with Gasteiger partial charge in [0.1, 0.15) is 5.84 Å². The van der Waals surface area contributed by atoms with Gasteiger partial charge in [-0.3, -0.25) is 4.90 Å². The Kier molecular flexibility index (Phi) is 4.68. The number of piperazine rings is 1. The molecule has 0 aromatic heterocycles. The highest BCUT2D eigenvalue weighted by atomic mass is 16.4. The quantitative estimate of drug-likeness (QED) is 0.342. The second kappa shape index (κ2) is 6.09. The van der Waals surface area contributed by atoms with Crippen molar-refractivity contribution in [3.8, 4) is 0 Å². The van der Waals surface area contributed by atoms with Gasteiger partial charge in [0.2, 0.25) is 0 Å². The number of rotatable bonds is 5. The Hall–Kier alpha value is -0.810. The fourth-order valence-corrected chi connectivity index (χ4v) is 3.27. The Morgan fingerprint density at radius 2 is 2.16 bits per heavy atom. The summed E-state index contributed by atoms with van der Waals surface area (Å²) in [6, 6.07) is 0.797. The van der Waals surface area contributed by atoms with Crippen LogP contribution in [0.5, 0.6) is 0 Å². The first-order valence-corrected chi connectivity index (χ1v) is 7.47. The topological polar surface area (TPSA) is 65.1 Å². The first-order chi connectivity index (χ1) is 9.03. The van der Waals surface area contributed by atoms with Crippen molar-refractivity contribution in [3.63, 3.8) is 0 Å². The van der Waals surface area contributed by atoms with Crippen LogP contribution in [0.4, 0.5) is 0 Å². The summed E-state index contributed by atoms with van der Waals surface area (Å²) in [7, 11) is 0. The van der Waals surface area contributed by atoms with Crippen molar-refractivity contribution in [3.05, 3.63) is 0 Å². The van der Waals surface area contributed by atoms with Gasteiger partial charge in [-0.15, -0.1) is 0 Å². The summed E-state index contributed by atoms with van der Waals surface area (Å²) in [6.45, 7) is 10.2. The van der Waals surface area contributed by atoms with Gasteiger partial charge in [0.05, 0.1) is 0 Å². The van der Waals surface area contributed by atoms with Crippen LogP contribution in [0.2, 0.25) is 0 Å². The molecule has 0 saturated carbocycles. The standard InChI is InChI=1S/C14H28N4O/c1-14(2,13(15)16-19)6-4-7-17-9-10-18-8-3-5-12(18)11-17/h12,19H,3-11H2,1-2H3,(H2,15,16). The molecule has 2 fully saturated rings. The van der Waals surface area contributed by atoms with Crippen LogP contribution in [0, 0.1) is 5.41 Å². The Morgan fingerprint density at radius 1 is 1.37 bits per heavy atom. The van der Waals surface area contributed by atoms with Crippen molar-refractivity contribution in [1.82, 2.24) is 9.80 Å². The monoisotopic (exact) mass is 268 g/mol. The summed E-state index contributed by atoms with van der Waals surface area (Å²) in [5, 5.41) is 11.9. The molecule has 0 spiro atoms. The van der Waals surface area contributed by atoms with Crippen LogP contribution in [0.1, 0.15) is 39.5 Å². The van der Waals surface area contributed by atoms with E-state index in [2.05, 4.69) is 15.0 Å². The lowest BCUT2D eigenvalue weighted by atomic mass is 9.86. The molecular formula is C14H28N4O. The summed E-state index contributed by atoms with van der Waals surface area (Å²) >= 11 is 0. The smallest absolute Gasteiger partial charge is 0.144 e. The summed E-state index contributed by atoms with van der Waals surface area (Å²) < 4.78 is 0. The van der Waals surface area contributed by atoms with Crippen molar-refractivity contribution in [1.29, 1.82) is 0 Å². The predicted octanol–water partition coefficient (Wildman–Crippen LogP) is 1.32. The van der Waals surface area contributed by atoms with Gasteiger partial charge in [-0.05, 0) is 38.8 Å². The van der Waals surface area contributed by atoms with Crippen molar-refractivity contribution < 1.29 is 5.21 Å². The summed E-state index contributed by atoms with van der Waals surface area (Å²) in [5.74, 6) is 0.341. The van der Waals surface area contributed by atoms with Crippen LogP contribution < -0.4 is 5.73 Å². The van der Waals surface area contributed by atoms with E-state index in [1.807, 2.05) is 13.8 Å². The van der Waals surface area contributed by atoms with E-state index in [0.29, 0.717) is 5.84 Å². The minimum atomic E-state index is -0.204. The molecule has 0 amide bonds. The highest BCUT2D eigenvalue weighted by Crippen LogP contribution is 2.24. The molecule has 0 aromatic rings. The maximum atomic E-state index is 8.77. The van der Waals surface area contributed by atoms with Crippen LogP contribution in [0.25, 0.3) is 0 Å². The number of fused-ring (bicyclic) bond motifs is 1. The third kappa shape index (κ3) is 3.60. The SMILES string of the molecule is CC(C)(CCCN1CCN2CCCC2C1)C(N)=NO. The lowest BCUT2D eigenvalue weighted by Crippen LogP contribution is -2.50. The van der Waals surface area contributed by atoms with Crippen molar-refractivity contribution in [2.24, 2.45) is 16.3 Å². The minimum Gasteiger partial charge on any atom is -0.409 e. The molecule has 2 heterocycles. The highest BCUT2D eigenvalue weighted by Gasteiger charge is 2.30. The lowest BCUT2D eigenvalue weighted by Gasteiger charge is -2.37. The third-order valence-corrected chi connectivity index (χ3v) is 4.75. The molecular weight excluding hydrogens is 240 g/mol. The molecule has 5 nitrogen and oxygen atoms in total. The van der Waals surface area contributed by atoms with Crippen LogP contribution in [0.15, 0.2) is 5.16 Å². The van der Waals surface area contributed by atoms with E-state index in [9.17, 15) is 0 Å². The molecule has 0 aliphatic carbocycles. The van der Waals surface area contributed by atoms with Crippen LogP contribution >= 0.6 is 0 Å². The Labute approximate surface area is 116 Å². The molecule has 2 aliphatic heterocycles. The molecule has 1 unspecified atom stereocenters. The van der Waals surface area contributed by atoms with E-state index in [-0.39, 0.29) is 5.41 Å². The molecule has 0 aromatic carbocycles. The second-order valence-corrected chi connectivity index (χ2v) is 6.61. The molecule has 2 rings (SSSR count). The first-order valence-electron chi connectivity index (χ1n) is 7.47. The Morgan fingerprint density at radius 3 is 2.89 bits per heavy atom. The fraction of sp³-hybridized carbons (Fsp3) is 0.929. The van der Waals surface area contributed by atoms with Crippen molar-refractivity contribution >= 4 is 5.84 Å². The van der Waals surface area contributed by atoms with Gasteiger partial charge in [-0.2, -0.15) is 0 Å². The summed E-state index contributed by atoms with van der Waals surface area (Å²) in [6.07, 6.45) is 4.81. The average molecular weight is 268 g/mol. The number of nitrogens with zero attached hydrogens (tertiary/aromatic N) is 3. The summed E-state index contributed by atoms with van der Waals surface area (Å²) in [4.78, 5) is 5.21. The third-order valence-electron chi connectivity index (χ3n) is 4.75. The number of nitrogens with two attached hydrogens (primary N) is 1. The largest absolute Gasteiger partial charge is 0.409 e. The lowest BCUT2D eigenvalue weighted by molar-refractivity contribution is 0.102. The zero-order valence-electron chi connectivity index (χ0n) is 12.3. The first kappa shape index (κ1) is 14.6. The van der Waals surface area contributed by atoms with E-state index in [1.165, 1.54) is 39.0 Å². The van der Waals surface area contributed by atoms with Crippen molar-refractivity contribution in [2.75, 3.05) is 32.7 Å². The van der Waals surface area contributed by atoms with Crippen LogP contribution in [0.3, 0.4) is 0 Å². The van der Waals surface area contributed by atoms with Gasteiger partial charge in [0.15, 0.2) is 0 Å². The van der Waals surface area contributed by atoms with Gasteiger partial charge in [0.25, 0.3) is 0 Å². The van der Waals surface area contributed by atoms with Gasteiger partial charge in [0, 0.05) is 31.1 Å². The molecule has 5 heteroatoms. The van der Waals surface area contributed by atoms with E-state index >= 15 is 0 Å². The van der Waals surface area contributed by atoms with Crippen molar-refractivity contribution in [2.45, 2.75) is 45.6 Å². The molecule has 1 atom stereocenters. The van der Waals surface area contributed by atoms with Gasteiger partial charge >= 0.3 is 0 Å². The molecule has 110 valence electrons. The normalized spacial score (nSPS) is 26.6. The zero-order valence-corrected chi connectivity index (χ0v) is 12.3. The number of hydrogen-bond donors (Lipinski definition) is 2. The van der Waals surface area contributed by atoms with E-state index in [4.69, 9.17) is 10.9 Å². The number of oxime groups is 1. The van der Waals surface area contributed by atoms with Gasteiger partial charge in [-0.25, -0.2) is 0 Å². The highest BCUT2D eigenvalue weighted by molar-refractivity contribution is 5.85.